The van der Waals surface area contributed by atoms with Gasteiger partial charge in [0.15, 0.2) is 5.84 Å². The Kier molecular flexibility index (Phi) is 7.87. The van der Waals surface area contributed by atoms with E-state index in [4.69, 9.17) is 9.98 Å². The average Bonchev–Trinajstić information content (AvgIpc) is 4.00. The zero-order valence-corrected chi connectivity index (χ0v) is 34.1. The number of fused-ring (bicyclic) bond motifs is 9. The van der Waals surface area contributed by atoms with Gasteiger partial charge in [-0.3, -0.25) is 0 Å². The van der Waals surface area contributed by atoms with Crippen molar-refractivity contribution in [2.45, 2.75) is 6.17 Å². The molecule has 1 unspecified atom stereocenters. The Labute approximate surface area is 362 Å². The van der Waals surface area contributed by atoms with Crippen LogP contribution in [0, 0.1) is 0 Å². The van der Waals surface area contributed by atoms with Gasteiger partial charge >= 0.3 is 0 Å². The first-order chi connectivity index (χ1) is 31.2. The Morgan fingerprint density at radius 3 is 0.968 bits per heavy atom. The van der Waals surface area contributed by atoms with Crippen molar-refractivity contribution in [3.63, 3.8) is 0 Å². The summed E-state index contributed by atoms with van der Waals surface area (Å²) in [6.45, 7) is 0. The van der Waals surface area contributed by atoms with E-state index in [0.717, 1.165) is 39.6 Å². The van der Waals surface area contributed by atoms with Gasteiger partial charge in [-0.15, -0.1) is 0 Å². The second-order valence-corrected chi connectivity index (χ2v) is 16.3. The van der Waals surface area contributed by atoms with E-state index in [0.29, 0.717) is 5.84 Å². The molecule has 0 amide bonds. The summed E-state index contributed by atoms with van der Waals surface area (Å²) in [5.41, 5.74) is 13.4. The van der Waals surface area contributed by atoms with E-state index in [9.17, 15) is 0 Å². The molecule has 9 aromatic carbocycles. The van der Waals surface area contributed by atoms with Gasteiger partial charge in [0, 0.05) is 60.5 Å². The lowest BCUT2D eigenvalue weighted by Crippen LogP contribution is -2.33. The second-order valence-electron chi connectivity index (χ2n) is 16.3. The first kappa shape index (κ1) is 35.3. The van der Waals surface area contributed by atoms with Crippen LogP contribution in [0.1, 0.15) is 22.9 Å². The van der Waals surface area contributed by atoms with Gasteiger partial charge in [-0.1, -0.05) is 121 Å². The summed E-state index contributed by atoms with van der Waals surface area (Å²) in [6, 6.07) is 77.9. The van der Waals surface area contributed by atoms with Crippen LogP contribution in [0.25, 0.3) is 82.5 Å². The Morgan fingerprint density at radius 1 is 0.317 bits per heavy atom. The quantitative estimate of drug-likeness (QED) is 0.179. The molecule has 1 atom stereocenters. The van der Waals surface area contributed by atoms with Crippen molar-refractivity contribution in [1.82, 2.24) is 19.0 Å². The zero-order chi connectivity index (χ0) is 41.4. The molecule has 12 aromatic rings. The Balaban J connectivity index is 0.903. The topological polar surface area (TPSA) is 51.5 Å². The fraction of sp³-hybridized carbons (Fsp3) is 0.0175. The average molecular weight is 807 g/mol. The molecule has 0 radical (unpaired) electrons. The van der Waals surface area contributed by atoms with Crippen LogP contribution in [0.4, 0.5) is 0 Å². The van der Waals surface area contributed by atoms with Crippen molar-refractivity contribution in [3.05, 3.63) is 235 Å². The molecule has 4 heterocycles. The summed E-state index contributed by atoms with van der Waals surface area (Å²) in [5, 5.41) is 11.2. The van der Waals surface area contributed by atoms with E-state index in [-0.39, 0.29) is 6.17 Å². The SMILES string of the molecule is c1ccc2c(c1)c1ccccc1n2-c1ccc(C2=NC(c3ccc(-n4c5ccccc5c5ccccc54)cc3)NC(c3ccc(-n4c5ccccc5c5ccccc54)cc3)=N2)cc1. The van der Waals surface area contributed by atoms with Crippen LogP contribution in [0.3, 0.4) is 0 Å². The monoisotopic (exact) mass is 806 g/mol. The first-order valence-corrected chi connectivity index (χ1v) is 21.4. The maximum Gasteiger partial charge on any atom is 0.159 e. The molecular weight excluding hydrogens is 769 g/mol. The van der Waals surface area contributed by atoms with Gasteiger partial charge in [0.25, 0.3) is 0 Å². The molecule has 0 bridgehead atoms. The van der Waals surface area contributed by atoms with Gasteiger partial charge in [0.05, 0.1) is 33.1 Å². The largest absolute Gasteiger partial charge is 0.344 e. The summed E-state index contributed by atoms with van der Waals surface area (Å²) < 4.78 is 7.03. The molecule has 0 saturated carbocycles. The van der Waals surface area contributed by atoms with Crippen molar-refractivity contribution in [3.8, 4) is 17.1 Å². The minimum Gasteiger partial charge on any atom is -0.344 e. The summed E-state index contributed by atoms with van der Waals surface area (Å²) in [6.07, 6.45) is -0.367. The Hall–Kier alpha value is -8.48. The van der Waals surface area contributed by atoms with Crippen LogP contribution in [0.2, 0.25) is 0 Å². The number of para-hydroxylation sites is 6. The van der Waals surface area contributed by atoms with Crippen LogP contribution in [-0.4, -0.2) is 25.4 Å². The lowest BCUT2D eigenvalue weighted by Gasteiger charge is -2.24. The standard InChI is InChI=1S/C57H38N6/c1-7-19-49-43(13-1)44-14-2-8-20-50(44)61(49)40-31-25-37(26-32-40)55-58-56(38-27-33-41(34-28-38)62-51-21-9-3-15-45(51)46-16-4-10-22-52(46)62)60-57(59-55)39-29-35-42(36-30-39)63-53-23-11-5-17-47(53)48-18-6-12-24-54(48)63/h1-36,55H,(H,58,59,60). The second kappa shape index (κ2) is 14.0. The van der Waals surface area contributed by atoms with Gasteiger partial charge in [-0.2, -0.15) is 0 Å². The molecule has 0 saturated heterocycles. The van der Waals surface area contributed by atoms with E-state index < -0.39 is 0 Å². The maximum absolute atomic E-state index is 5.31. The fourth-order valence-electron chi connectivity index (χ4n) is 9.83. The van der Waals surface area contributed by atoms with Crippen LogP contribution in [-0.2, 0) is 0 Å². The number of benzene rings is 9. The third-order valence-electron chi connectivity index (χ3n) is 12.7. The Morgan fingerprint density at radius 2 is 0.619 bits per heavy atom. The molecule has 1 aliphatic heterocycles. The molecule has 13 rings (SSSR count). The highest BCUT2D eigenvalue weighted by Gasteiger charge is 2.23. The predicted octanol–water partition coefficient (Wildman–Crippen LogP) is 13.5. The number of aliphatic imine (C=N–C) groups is 2. The van der Waals surface area contributed by atoms with Crippen LogP contribution < -0.4 is 5.32 Å². The molecule has 63 heavy (non-hydrogen) atoms. The summed E-state index contributed by atoms with van der Waals surface area (Å²) in [5.74, 6) is 1.46. The molecule has 296 valence electrons. The number of nitrogens with one attached hydrogen (secondary N) is 1. The highest BCUT2D eigenvalue weighted by atomic mass is 15.2. The third kappa shape index (κ3) is 5.58. The number of hydrogen-bond donors (Lipinski definition) is 1. The lowest BCUT2D eigenvalue weighted by molar-refractivity contribution is 0.674. The van der Waals surface area contributed by atoms with Gasteiger partial charge in [0.1, 0.15) is 12.0 Å². The van der Waals surface area contributed by atoms with Crippen molar-refractivity contribution in [2.75, 3.05) is 0 Å². The number of nitrogens with zero attached hydrogens (tertiary/aromatic N) is 5. The number of aromatic nitrogens is 3. The van der Waals surface area contributed by atoms with Crippen molar-refractivity contribution >= 4 is 77.1 Å². The molecule has 6 heteroatoms. The number of amidine groups is 2. The zero-order valence-electron chi connectivity index (χ0n) is 34.1. The predicted molar refractivity (Wildman–Crippen MR) is 261 cm³/mol. The van der Waals surface area contributed by atoms with E-state index >= 15 is 0 Å². The molecule has 3 aromatic heterocycles. The minimum atomic E-state index is -0.367. The van der Waals surface area contributed by atoms with Crippen molar-refractivity contribution in [2.24, 2.45) is 9.98 Å². The molecule has 0 aliphatic carbocycles. The van der Waals surface area contributed by atoms with Crippen molar-refractivity contribution < 1.29 is 0 Å². The van der Waals surface area contributed by atoms with Gasteiger partial charge < -0.3 is 19.0 Å². The Bertz CT molecular complexity index is 3650. The summed E-state index contributed by atoms with van der Waals surface area (Å²) >= 11 is 0. The highest BCUT2D eigenvalue weighted by molar-refractivity contribution is 6.14. The lowest BCUT2D eigenvalue weighted by atomic mass is 10.1. The molecule has 0 spiro atoms. The molecule has 6 nitrogen and oxygen atoms in total. The molecule has 1 N–H and O–H groups in total. The van der Waals surface area contributed by atoms with Crippen molar-refractivity contribution in [1.29, 1.82) is 0 Å². The maximum atomic E-state index is 5.31. The van der Waals surface area contributed by atoms with Gasteiger partial charge in [-0.25, -0.2) is 9.98 Å². The molecular formula is C57H38N6. The van der Waals surface area contributed by atoms with Crippen LogP contribution in [0.5, 0.6) is 0 Å². The highest BCUT2D eigenvalue weighted by Crippen LogP contribution is 2.35. The number of hydrogen-bond acceptors (Lipinski definition) is 3. The first-order valence-electron chi connectivity index (χ1n) is 21.4. The summed E-state index contributed by atoms with van der Waals surface area (Å²) in [7, 11) is 0. The minimum absolute atomic E-state index is 0.367. The molecule has 0 fully saturated rings. The summed E-state index contributed by atoms with van der Waals surface area (Å²) in [4.78, 5) is 10.6. The smallest absolute Gasteiger partial charge is 0.159 e. The normalized spacial score (nSPS) is 14.2. The van der Waals surface area contributed by atoms with Gasteiger partial charge in [0.2, 0.25) is 0 Å². The van der Waals surface area contributed by atoms with E-state index in [1.807, 2.05) is 0 Å². The fourth-order valence-corrected chi connectivity index (χ4v) is 9.83. The van der Waals surface area contributed by atoms with Crippen LogP contribution >= 0.6 is 0 Å². The molecule has 1 aliphatic rings. The van der Waals surface area contributed by atoms with E-state index in [2.05, 4.69) is 237 Å². The van der Waals surface area contributed by atoms with Gasteiger partial charge in [-0.05, 0) is 103 Å². The van der Waals surface area contributed by atoms with Crippen LogP contribution in [0.15, 0.2) is 228 Å². The van der Waals surface area contributed by atoms with E-state index in [1.165, 1.54) is 65.4 Å². The third-order valence-corrected chi connectivity index (χ3v) is 12.7. The van der Waals surface area contributed by atoms with E-state index in [1.54, 1.807) is 0 Å². The number of rotatable bonds is 6.